The van der Waals surface area contributed by atoms with E-state index in [0.29, 0.717) is 12.0 Å². The number of hydrogen-bond acceptors (Lipinski definition) is 3. The molecule has 0 aromatic heterocycles. The smallest absolute Gasteiger partial charge is 0.191 e. The summed E-state index contributed by atoms with van der Waals surface area (Å²) in [6.07, 6.45) is 11.0. The van der Waals surface area contributed by atoms with Crippen molar-refractivity contribution < 1.29 is 4.74 Å². The van der Waals surface area contributed by atoms with Crippen LogP contribution in [0, 0.1) is 5.92 Å². The van der Waals surface area contributed by atoms with Gasteiger partial charge in [0.1, 0.15) is 0 Å². The Hall–Kier alpha value is -0.810. The van der Waals surface area contributed by atoms with Gasteiger partial charge in [-0.2, -0.15) is 0 Å². The molecule has 2 N–H and O–H groups in total. The second kappa shape index (κ2) is 12.5. The minimum atomic E-state index is 0.478. The van der Waals surface area contributed by atoms with Crippen LogP contribution in [0.5, 0.6) is 0 Å². The first-order chi connectivity index (χ1) is 12.3. The molecule has 1 aliphatic heterocycles. The lowest BCUT2D eigenvalue weighted by atomic mass is 9.98. The maximum absolute atomic E-state index is 6.06. The Morgan fingerprint density at radius 3 is 2.56 bits per heavy atom. The molecule has 0 aromatic rings. The third-order valence-corrected chi connectivity index (χ3v) is 5.45. The molecule has 1 unspecified atom stereocenters. The third-order valence-electron chi connectivity index (χ3n) is 5.45. The number of nitrogens with one attached hydrogen (secondary N) is 2. The summed E-state index contributed by atoms with van der Waals surface area (Å²) >= 11 is 0. The quantitative estimate of drug-likeness (QED) is 0.305. The molecule has 5 nitrogen and oxygen atoms in total. The molecule has 0 amide bonds. The highest BCUT2D eigenvalue weighted by Gasteiger charge is 2.18. The number of hydrogen-bond donors (Lipinski definition) is 2. The van der Waals surface area contributed by atoms with E-state index in [-0.39, 0.29) is 0 Å². The molecule has 1 saturated heterocycles. The Morgan fingerprint density at radius 1 is 1.04 bits per heavy atom. The zero-order valence-corrected chi connectivity index (χ0v) is 16.6. The van der Waals surface area contributed by atoms with Gasteiger partial charge in [-0.15, -0.1) is 0 Å². The molecule has 0 bridgehead atoms. The predicted octanol–water partition coefficient (Wildman–Crippen LogP) is 3.01. The van der Waals surface area contributed by atoms with Gasteiger partial charge in [0, 0.05) is 26.2 Å². The molecule has 2 rings (SSSR count). The number of rotatable bonds is 8. The van der Waals surface area contributed by atoms with E-state index in [1.807, 2.05) is 0 Å². The zero-order valence-electron chi connectivity index (χ0n) is 16.6. The van der Waals surface area contributed by atoms with Gasteiger partial charge >= 0.3 is 0 Å². The minimum Gasteiger partial charge on any atom is -0.376 e. The van der Waals surface area contributed by atoms with Gasteiger partial charge in [0.25, 0.3) is 0 Å². The summed E-state index contributed by atoms with van der Waals surface area (Å²) in [5.41, 5.74) is 0. The fourth-order valence-electron chi connectivity index (χ4n) is 3.95. The van der Waals surface area contributed by atoms with Crippen molar-refractivity contribution in [2.75, 3.05) is 45.9 Å². The molecule has 2 aliphatic rings. The van der Waals surface area contributed by atoms with Crippen LogP contribution in [0.15, 0.2) is 4.99 Å². The van der Waals surface area contributed by atoms with E-state index in [0.717, 1.165) is 38.7 Å². The first-order valence-corrected chi connectivity index (χ1v) is 10.7. The molecule has 2 fully saturated rings. The normalized spacial score (nSPS) is 24.1. The van der Waals surface area contributed by atoms with Gasteiger partial charge < -0.3 is 20.3 Å². The van der Waals surface area contributed by atoms with Crippen molar-refractivity contribution in [2.45, 2.75) is 71.3 Å². The van der Waals surface area contributed by atoms with Crippen molar-refractivity contribution in [3.8, 4) is 0 Å². The summed E-state index contributed by atoms with van der Waals surface area (Å²) < 4.78 is 6.06. The highest BCUT2D eigenvalue weighted by Crippen LogP contribution is 2.19. The molecule has 1 heterocycles. The molecule has 5 heteroatoms. The Bertz CT molecular complexity index is 367. The van der Waals surface area contributed by atoms with Gasteiger partial charge in [0.05, 0.1) is 12.7 Å². The van der Waals surface area contributed by atoms with Gasteiger partial charge in [-0.1, -0.05) is 32.6 Å². The minimum absolute atomic E-state index is 0.478. The average Bonchev–Trinajstić information content (AvgIpc) is 2.92. The fourth-order valence-corrected chi connectivity index (χ4v) is 3.95. The second-order valence-electron chi connectivity index (χ2n) is 7.53. The Balaban J connectivity index is 1.66. The maximum Gasteiger partial charge on any atom is 0.191 e. The first kappa shape index (κ1) is 20.5. The van der Waals surface area contributed by atoms with E-state index in [4.69, 9.17) is 9.73 Å². The topological polar surface area (TPSA) is 48.9 Å². The maximum atomic E-state index is 6.06. The molecule has 1 atom stereocenters. The van der Waals surface area contributed by atoms with E-state index in [9.17, 15) is 0 Å². The van der Waals surface area contributed by atoms with Gasteiger partial charge in [0.15, 0.2) is 5.96 Å². The van der Waals surface area contributed by atoms with Gasteiger partial charge in [-0.05, 0) is 51.6 Å². The summed E-state index contributed by atoms with van der Waals surface area (Å²) in [6.45, 7) is 11.4. The third kappa shape index (κ3) is 8.41. The molecular formula is C20H40N4O. The molecule has 0 spiro atoms. The van der Waals surface area contributed by atoms with Crippen molar-refractivity contribution >= 4 is 5.96 Å². The number of guanidine groups is 1. The Labute approximate surface area is 155 Å². The van der Waals surface area contributed by atoms with Gasteiger partial charge in [0.2, 0.25) is 0 Å². The van der Waals surface area contributed by atoms with Crippen LogP contribution in [0.4, 0.5) is 0 Å². The molecule has 25 heavy (non-hydrogen) atoms. The van der Waals surface area contributed by atoms with Crippen molar-refractivity contribution in [1.82, 2.24) is 15.5 Å². The second-order valence-corrected chi connectivity index (χ2v) is 7.53. The lowest BCUT2D eigenvalue weighted by Crippen LogP contribution is -2.41. The van der Waals surface area contributed by atoms with Crippen LogP contribution >= 0.6 is 0 Å². The SMILES string of the molecule is CCNC(=NCC1CCCN(CC)C1)NCCOC1CCCCCC1. The molecule has 0 aromatic carbocycles. The summed E-state index contributed by atoms with van der Waals surface area (Å²) in [7, 11) is 0. The van der Waals surface area contributed by atoms with Gasteiger partial charge in [-0.3, -0.25) is 4.99 Å². The highest BCUT2D eigenvalue weighted by atomic mass is 16.5. The van der Waals surface area contributed by atoms with E-state index in [1.54, 1.807) is 0 Å². The van der Waals surface area contributed by atoms with E-state index in [2.05, 4.69) is 29.4 Å². The summed E-state index contributed by atoms with van der Waals surface area (Å²) in [4.78, 5) is 7.36. The Morgan fingerprint density at radius 2 is 1.84 bits per heavy atom. The van der Waals surface area contributed by atoms with Crippen molar-refractivity contribution in [2.24, 2.45) is 10.9 Å². The lowest BCUT2D eigenvalue weighted by molar-refractivity contribution is 0.0468. The van der Waals surface area contributed by atoms with Gasteiger partial charge in [-0.25, -0.2) is 0 Å². The molecule has 146 valence electrons. The molecular weight excluding hydrogens is 312 g/mol. The van der Waals surface area contributed by atoms with Crippen LogP contribution in [-0.2, 0) is 4.74 Å². The average molecular weight is 353 g/mol. The number of piperidine rings is 1. The van der Waals surface area contributed by atoms with Crippen LogP contribution in [0.25, 0.3) is 0 Å². The zero-order chi connectivity index (χ0) is 17.7. The summed E-state index contributed by atoms with van der Waals surface area (Å²) in [6, 6.07) is 0. The number of aliphatic imine (C=N–C) groups is 1. The largest absolute Gasteiger partial charge is 0.376 e. The molecule has 1 aliphatic carbocycles. The number of likely N-dealkylation sites (tertiary alicyclic amines) is 1. The lowest BCUT2D eigenvalue weighted by Gasteiger charge is -2.31. The molecule has 0 radical (unpaired) electrons. The molecule has 1 saturated carbocycles. The highest BCUT2D eigenvalue weighted by molar-refractivity contribution is 5.79. The van der Waals surface area contributed by atoms with Crippen LogP contribution in [0.3, 0.4) is 0 Å². The fraction of sp³-hybridized carbons (Fsp3) is 0.950. The number of ether oxygens (including phenoxy) is 1. The van der Waals surface area contributed by atoms with Crippen LogP contribution < -0.4 is 10.6 Å². The summed E-state index contributed by atoms with van der Waals surface area (Å²) in [5, 5.41) is 6.81. The van der Waals surface area contributed by atoms with Crippen LogP contribution in [0.1, 0.15) is 65.2 Å². The van der Waals surface area contributed by atoms with E-state index < -0.39 is 0 Å². The van der Waals surface area contributed by atoms with Crippen molar-refractivity contribution in [3.63, 3.8) is 0 Å². The predicted molar refractivity (Wildman–Crippen MR) is 106 cm³/mol. The van der Waals surface area contributed by atoms with E-state index in [1.165, 1.54) is 64.5 Å². The number of nitrogens with zero attached hydrogens (tertiary/aromatic N) is 2. The monoisotopic (exact) mass is 352 g/mol. The standard InChI is InChI=1S/C20H40N4O/c1-3-21-20(23-16-18-10-9-14-24(4-2)17-18)22-13-15-25-19-11-7-5-6-8-12-19/h18-19H,3-17H2,1-2H3,(H2,21,22,23). The van der Waals surface area contributed by atoms with E-state index >= 15 is 0 Å². The van der Waals surface area contributed by atoms with Crippen molar-refractivity contribution in [3.05, 3.63) is 0 Å². The Kier molecular flexibility index (Phi) is 10.3. The summed E-state index contributed by atoms with van der Waals surface area (Å²) in [5.74, 6) is 1.65. The van der Waals surface area contributed by atoms with Crippen molar-refractivity contribution in [1.29, 1.82) is 0 Å². The van der Waals surface area contributed by atoms with Crippen LogP contribution in [0.2, 0.25) is 0 Å². The van der Waals surface area contributed by atoms with Crippen LogP contribution in [-0.4, -0.2) is 62.8 Å². The first-order valence-electron chi connectivity index (χ1n) is 10.7.